The van der Waals surface area contributed by atoms with E-state index in [0.29, 0.717) is 0 Å². The summed E-state index contributed by atoms with van der Waals surface area (Å²) in [6, 6.07) is 0. The van der Waals surface area contributed by atoms with E-state index in [1.54, 1.807) is 0 Å². The second-order valence-electron chi connectivity index (χ2n) is 3.66. The highest BCUT2D eigenvalue weighted by Gasteiger charge is 2.33. The molecule has 1 rings (SSSR count). The SMILES string of the molecule is CCCC1(CCOCC)OCCCO1.CO. The Labute approximate surface area is 98.9 Å². The van der Waals surface area contributed by atoms with Gasteiger partial charge in [0.15, 0.2) is 5.79 Å². The molecule has 1 N–H and O–H groups in total. The third kappa shape index (κ3) is 5.80. The van der Waals surface area contributed by atoms with Gasteiger partial charge in [-0.25, -0.2) is 0 Å². The molecule has 0 aromatic rings. The van der Waals surface area contributed by atoms with Crippen LogP contribution in [0.2, 0.25) is 0 Å². The number of hydrogen-bond donors (Lipinski definition) is 1. The van der Waals surface area contributed by atoms with Crippen molar-refractivity contribution in [2.75, 3.05) is 33.5 Å². The number of ether oxygens (including phenoxy) is 3. The van der Waals surface area contributed by atoms with Crippen molar-refractivity contribution in [1.29, 1.82) is 0 Å². The van der Waals surface area contributed by atoms with Gasteiger partial charge in [0.2, 0.25) is 0 Å². The van der Waals surface area contributed by atoms with E-state index in [0.717, 1.165) is 59.2 Å². The lowest BCUT2D eigenvalue weighted by Crippen LogP contribution is -2.41. The van der Waals surface area contributed by atoms with E-state index in [2.05, 4.69) is 6.92 Å². The van der Waals surface area contributed by atoms with Crippen LogP contribution in [-0.4, -0.2) is 44.4 Å². The molecule has 0 saturated carbocycles. The molecule has 16 heavy (non-hydrogen) atoms. The number of hydrogen-bond acceptors (Lipinski definition) is 4. The number of rotatable bonds is 6. The second-order valence-corrected chi connectivity index (χ2v) is 3.66. The molecule has 0 amide bonds. The predicted octanol–water partition coefficient (Wildman–Crippen LogP) is 1.95. The topological polar surface area (TPSA) is 47.9 Å². The molecule has 0 radical (unpaired) electrons. The Morgan fingerprint density at radius 3 is 2.25 bits per heavy atom. The molecule has 0 aromatic heterocycles. The highest BCUT2D eigenvalue weighted by molar-refractivity contribution is 4.72. The number of aliphatic hydroxyl groups excluding tert-OH is 1. The van der Waals surface area contributed by atoms with E-state index in [4.69, 9.17) is 19.3 Å². The van der Waals surface area contributed by atoms with Crippen molar-refractivity contribution in [1.82, 2.24) is 0 Å². The van der Waals surface area contributed by atoms with Crippen molar-refractivity contribution in [2.45, 2.75) is 45.3 Å². The van der Waals surface area contributed by atoms with Crippen molar-refractivity contribution in [3.63, 3.8) is 0 Å². The fourth-order valence-electron chi connectivity index (χ4n) is 1.78. The van der Waals surface area contributed by atoms with Crippen LogP contribution in [0.5, 0.6) is 0 Å². The monoisotopic (exact) mass is 234 g/mol. The van der Waals surface area contributed by atoms with E-state index < -0.39 is 0 Å². The third-order valence-electron chi connectivity index (χ3n) is 2.48. The van der Waals surface area contributed by atoms with Crippen molar-refractivity contribution < 1.29 is 19.3 Å². The standard InChI is InChI=1S/C11H22O3.CH4O/c1-3-6-11(7-10-12-4-2)13-8-5-9-14-11;1-2/h3-10H2,1-2H3;2H,1H3. The Morgan fingerprint density at radius 2 is 1.75 bits per heavy atom. The predicted molar refractivity (Wildman–Crippen MR) is 63.4 cm³/mol. The van der Waals surface area contributed by atoms with Crippen LogP contribution in [0.15, 0.2) is 0 Å². The van der Waals surface area contributed by atoms with E-state index in [-0.39, 0.29) is 5.79 Å². The van der Waals surface area contributed by atoms with Gasteiger partial charge in [-0.3, -0.25) is 0 Å². The summed E-state index contributed by atoms with van der Waals surface area (Å²) >= 11 is 0. The molecule has 1 fully saturated rings. The zero-order chi connectivity index (χ0) is 12.3. The van der Waals surface area contributed by atoms with Gasteiger partial charge in [0.1, 0.15) is 0 Å². The molecular formula is C12H26O4. The van der Waals surface area contributed by atoms with Gasteiger partial charge < -0.3 is 19.3 Å². The summed E-state index contributed by atoms with van der Waals surface area (Å²) < 4.78 is 16.8. The summed E-state index contributed by atoms with van der Waals surface area (Å²) in [5.74, 6) is -0.345. The van der Waals surface area contributed by atoms with Crippen LogP contribution in [0.1, 0.15) is 39.5 Å². The van der Waals surface area contributed by atoms with Crippen molar-refractivity contribution >= 4 is 0 Å². The van der Waals surface area contributed by atoms with Gasteiger partial charge in [0, 0.05) is 26.6 Å². The van der Waals surface area contributed by atoms with Crippen LogP contribution in [0.4, 0.5) is 0 Å². The molecule has 98 valence electrons. The highest BCUT2D eigenvalue weighted by Crippen LogP contribution is 2.27. The quantitative estimate of drug-likeness (QED) is 0.714. The maximum Gasteiger partial charge on any atom is 0.170 e. The minimum Gasteiger partial charge on any atom is -0.400 e. The average Bonchev–Trinajstić information content (AvgIpc) is 2.34. The van der Waals surface area contributed by atoms with E-state index in [1.807, 2.05) is 6.92 Å². The van der Waals surface area contributed by atoms with Crippen LogP contribution in [0, 0.1) is 0 Å². The first-order chi connectivity index (χ1) is 7.83. The molecule has 4 heteroatoms. The van der Waals surface area contributed by atoms with Crippen molar-refractivity contribution in [3.8, 4) is 0 Å². The molecule has 4 nitrogen and oxygen atoms in total. The van der Waals surface area contributed by atoms with Gasteiger partial charge in [-0.15, -0.1) is 0 Å². The Bertz CT molecular complexity index is 138. The first-order valence-electron chi connectivity index (χ1n) is 6.13. The Morgan fingerprint density at radius 1 is 1.12 bits per heavy atom. The van der Waals surface area contributed by atoms with Crippen LogP contribution in [0.3, 0.4) is 0 Å². The molecule has 0 aromatic carbocycles. The van der Waals surface area contributed by atoms with Crippen LogP contribution >= 0.6 is 0 Å². The lowest BCUT2D eigenvalue weighted by Gasteiger charge is -2.37. The first kappa shape index (κ1) is 15.8. The summed E-state index contributed by atoms with van der Waals surface area (Å²) in [6.45, 7) is 7.32. The summed E-state index contributed by atoms with van der Waals surface area (Å²) in [6.07, 6.45) is 3.93. The molecule has 1 aliphatic rings. The fraction of sp³-hybridized carbons (Fsp3) is 1.00. The van der Waals surface area contributed by atoms with Crippen LogP contribution < -0.4 is 0 Å². The van der Waals surface area contributed by atoms with Crippen LogP contribution in [-0.2, 0) is 14.2 Å². The molecule has 0 bridgehead atoms. The van der Waals surface area contributed by atoms with E-state index in [9.17, 15) is 0 Å². The molecule has 0 atom stereocenters. The van der Waals surface area contributed by atoms with Gasteiger partial charge in [-0.2, -0.15) is 0 Å². The summed E-state index contributed by atoms with van der Waals surface area (Å²) in [5, 5.41) is 7.00. The Hall–Kier alpha value is -0.160. The minimum absolute atomic E-state index is 0.345. The maximum atomic E-state index is 7.00. The molecule has 0 aliphatic carbocycles. The average molecular weight is 234 g/mol. The molecule has 1 aliphatic heterocycles. The van der Waals surface area contributed by atoms with E-state index >= 15 is 0 Å². The zero-order valence-electron chi connectivity index (χ0n) is 10.8. The van der Waals surface area contributed by atoms with Crippen molar-refractivity contribution in [3.05, 3.63) is 0 Å². The van der Waals surface area contributed by atoms with Gasteiger partial charge >= 0.3 is 0 Å². The van der Waals surface area contributed by atoms with Crippen molar-refractivity contribution in [2.24, 2.45) is 0 Å². The fourth-order valence-corrected chi connectivity index (χ4v) is 1.78. The van der Waals surface area contributed by atoms with Gasteiger partial charge in [0.25, 0.3) is 0 Å². The number of aliphatic hydroxyl groups is 1. The normalized spacial score (nSPS) is 18.8. The lowest BCUT2D eigenvalue weighted by molar-refractivity contribution is -0.277. The first-order valence-corrected chi connectivity index (χ1v) is 6.13. The molecule has 0 unspecified atom stereocenters. The Kier molecular flexibility index (Phi) is 9.92. The van der Waals surface area contributed by atoms with Gasteiger partial charge in [0.05, 0.1) is 19.8 Å². The third-order valence-corrected chi connectivity index (χ3v) is 2.48. The lowest BCUT2D eigenvalue weighted by atomic mass is 10.1. The maximum absolute atomic E-state index is 7.00. The minimum atomic E-state index is -0.345. The highest BCUT2D eigenvalue weighted by atomic mass is 16.7. The summed E-state index contributed by atoms with van der Waals surface area (Å²) in [5.41, 5.74) is 0. The smallest absolute Gasteiger partial charge is 0.170 e. The summed E-state index contributed by atoms with van der Waals surface area (Å²) in [7, 11) is 1.00. The zero-order valence-corrected chi connectivity index (χ0v) is 10.8. The van der Waals surface area contributed by atoms with E-state index in [1.165, 1.54) is 0 Å². The largest absolute Gasteiger partial charge is 0.400 e. The van der Waals surface area contributed by atoms with Gasteiger partial charge in [-0.05, 0) is 13.3 Å². The molecule has 1 heterocycles. The molecule has 1 saturated heterocycles. The van der Waals surface area contributed by atoms with Gasteiger partial charge in [-0.1, -0.05) is 13.3 Å². The molecule has 0 spiro atoms. The molecular weight excluding hydrogens is 208 g/mol. The second kappa shape index (κ2) is 10.0. The van der Waals surface area contributed by atoms with Crippen LogP contribution in [0.25, 0.3) is 0 Å². The summed E-state index contributed by atoms with van der Waals surface area (Å²) in [4.78, 5) is 0. The Balaban J connectivity index is 0.00000106.